The van der Waals surface area contributed by atoms with E-state index in [0.29, 0.717) is 5.25 Å². The van der Waals surface area contributed by atoms with Crippen LogP contribution in [0.3, 0.4) is 0 Å². The number of rotatable bonds is 3. The summed E-state index contributed by atoms with van der Waals surface area (Å²) < 4.78 is 0. The number of hydrogen-bond donors (Lipinski definition) is 0. The van der Waals surface area contributed by atoms with Crippen molar-refractivity contribution in [1.29, 1.82) is 0 Å². The Bertz CT molecular complexity index is 248. The molecule has 0 fully saturated rings. The normalized spacial score (nSPS) is 22.5. The maximum Gasteiger partial charge on any atom is 0.251 e. The molecule has 0 heterocycles. The zero-order valence-electron chi connectivity index (χ0n) is 7.64. The molecule has 0 aliphatic heterocycles. The van der Waals surface area contributed by atoms with Crippen LogP contribution in [0, 0.1) is 15.4 Å². The summed E-state index contributed by atoms with van der Waals surface area (Å²) in [5, 5.41) is 11.8. The highest BCUT2D eigenvalue weighted by Gasteiger charge is 2.30. The van der Waals surface area contributed by atoms with Crippen molar-refractivity contribution in [2.45, 2.75) is 25.1 Å². The molecule has 1 aliphatic carbocycles. The fourth-order valence-electron chi connectivity index (χ4n) is 1.07. The first-order chi connectivity index (χ1) is 6.11. The highest BCUT2D eigenvalue weighted by atomic mass is 32.2. The minimum absolute atomic E-state index is 0.259. The minimum Gasteiger partial charge on any atom is -0.264 e. The summed E-state index contributed by atoms with van der Waals surface area (Å²) in [5.41, 5.74) is 0. The molecular weight excluding hydrogens is 186 g/mol. The lowest BCUT2D eigenvalue weighted by Crippen LogP contribution is -2.24. The van der Waals surface area contributed by atoms with Gasteiger partial charge in [-0.1, -0.05) is 32.1 Å². The van der Waals surface area contributed by atoms with Gasteiger partial charge in [0.2, 0.25) is 0 Å². The third-order valence-electron chi connectivity index (χ3n) is 1.56. The molecule has 4 heteroatoms. The van der Waals surface area contributed by atoms with Crippen molar-refractivity contribution < 1.29 is 4.92 Å². The smallest absolute Gasteiger partial charge is 0.251 e. The van der Waals surface area contributed by atoms with E-state index in [1.807, 2.05) is 26.0 Å². The molecule has 1 aliphatic rings. The SMILES string of the molecule is CC(C)S[C]1C=CC=CC1[N+](=O)[O-]. The van der Waals surface area contributed by atoms with Gasteiger partial charge in [-0.2, -0.15) is 0 Å². The first-order valence-electron chi connectivity index (χ1n) is 4.13. The topological polar surface area (TPSA) is 43.1 Å². The van der Waals surface area contributed by atoms with Gasteiger partial charge in [-0.15, -0.1) is 11.8 Å². The van der Waals surface area contributed by atoms with Crippen LogP contribution in [0.25, 0.3) is 0 Å². The molecule has 0 aromatic carbocycles. The summed E-state index contributed by atoms with van der Waals surface area (Å²) in [6, 6.07) is -0.641. The zero-order chi connectivity index (χ0) is 9.84. The zero-order valence-corrected chi connectivity index (χ0v) is 8.45. The molecule has 0 spiro atoms. The summed E-state index contributed by atoms with van der Waals surface area (Å²) >= 11 is 1.55. The highest BCUT2D eigenvalue weighted by Crippen LogP contribution is 2.32. The monoisotopic (exact) mass is 198 g/mol. The van der Waals surface area contributed by atoms with Crippen LogP contribution in [-0.4, -0.2) is 16.2 Å². The molecular formula is C9H12NO2S. The van der Waals surface area contributed by atoms with Crippen LogP contribution in [0.5, 0.6) is 0 Å². The van der Waals surface area contributed by atoms with E-state index in [9.17, 15) is 10.1 Å². The lowest BCUT2D eigenvalue weighted by atomic mass is 10.1. The van der Waals surface area contributed by atoms with Crippen molar-refractivity contribution in [1.82, 2.24) is 0 Å². The number of nitro groups is 1. The Balaban J connectivity index is 2.65. The van der Waals surface area contributed by atoms with Gasteiger partial charge in [0.05, 0.1) is 0 Å². The number of thioether (sulfide) groups is 1. The Morgan fingerprint density at radius 1 is 1.54 bits per heavy atom. The van der Waals surface area contributed by atoms with E-state index in [4.69, 9.17) is 0 Å². The van der Waals surface area contributed by atoms with Crippen LogP contribution in [-0.2, 0) is 0 Å². The first kappa shape index (κ1) is 10.3. The van der Waals surface area contributed by atoms with E-state index < -0.39 is 6.04 Å². The van der Waals surface area contributed by atoms with Crippen molar-refractivity contribution in [3.8, 4) is 0 Å². The molecule has 0 aromatic heterocycles. The summed E-state index contributed by atoms with van der Waals surface area (Å²) in [6.45, 7) is 4.06. The Morgan fingerprint density at radius 3 is 2.77 bits per heavy atom. The molecule has 13 heavy (non-hydrogen) atoms. The Kier molecular flexibility index (Phi) is 3.54. The van der Waals surface area contributed by atoms with Crippen molar-refractivity contribution >= 4 is 11.8 Å². The minimum atomic E-state index is -0.641. The van der Waals surface area contributed by atoms with Crippen LogP contribution in [0.15, 0.2) is 24.3 Å². The predicted molar refractivity (Wildman–Crippen MR) is 55.0 cm³/mol. The second kappa shape index (κ2) is 4.46. The second-order valence-corrected chi connectivity index (χ2v) is 4.69. The van der Waals surface area contributed by atoms with E-state index in [1.165, 1.54) is 0 Å². The highest BCUT2D eigenvalue weighted by molar-refractivity contribution is 8.02. The fraction of sp³-hybridized carbons (Fsp3) is 0.444. The van der Waals surface area contributed by atoms with Gasteiger partial charge < -0.3 is 0 Å². The molecule has 71 valence electrons. The van der Waals surface area contributed by atoms with Gasteiger partial charge in [-0.25, -0.2) is 0 Å². The van der Waals surface area contributed by atoms with Gasteiger partial charge >= 0.3 is 0 Å². The lowest BCUT2D eigenvalue weighted by molar-refractivity contribution is -0.501. The third kappa shape index (κ3) is 2.88. The molecule has 1 atom stereocenters. The number of hydrogen-bond acceptors (Lipinski definition) is 3. The largest absolute Gasteiger partial charge is 0.264 e. The van der Waals surface area contributed by atoms with Crippen LogP contribution in [0.4, 0.5) is 0 Å². The maximum atomic E-state index is 10.6. The van der Waals surface area contributed by atoms with Gasteiger partial charge in [0.25, 0.3) is 6.04 Å². The Hall–Kier alpha value is -0.770. The van der Waals surface area contributed by atoms with Crippen molar-refractivity contribution in [3.05, 3.63) is 39.7 Å². The summed E-state index contributed by atoms with van der Waals surface area (Å²) in [5.74, 6) is 0. The van der Waals surface area contributed by atoms with Crippen LogP contribution < -0.4 is 0 Å². The Morgan fingerprint density at radius 2 is 2.23 bits per heavy atom. The number of allylic oxidation sites excluding steroid dienone is 2. The molecule has 0 aromatic rings. The van der Waals surface area contributed by atoms with E-state index in [-0.39, 0.29) is 4.92 Å². The molecule has 0 saturated heterocycles. The summed E-state index contributed by atoms with van der Waals surface area (Å²) in [6.07, 6.45) is 6.99. The molecule has 3 nitrogen and oxygen atoms in total. The summed E-state index contributed by atoms with van der Waals surface area (Å²) in [7, 11) is 0. The van der Waals surface area contributed by atoms with E-state index in [1.54, 1.807) is 23.9 Å². The molecule has 0 bridgehead atoms. The fourth-order valence-corrected chi connectivity index (χ4v) is 2.07. The van der Waals surface area contributed by atoms with Gasteiger partial charge in [0, 0.05) is 10.2 Å². The quantitative estimate of drug-likeness (QED) is 0.516. The predicted octanol–water partition coefficient (Wildman–Crippen LogP) is 2.43. The van der Waals surface area contributed by atoms with Crippen molar-refractivity contribution in [3.63, 3.8) is 0 Å². The van der Waals surface area contributed by atoms with Crippen LogP contribution in [0.1, 0.15) is 13.8 Å². The van der Waals surface area contributed by atoms with E-state index >= 15 is 0 Å². The molecule has 1 radical (unpaired) electrons. The third-order valence-corrected chi connectivity index (χ3v) is 2.68. The first-order valence-corrected chi connectivity index (χ1v) is 5.01. The molecule has 0 saturated carbocycles. The molecule has 0 amide bonds. The van der Waals surface area contributed by atoms with Crippen molar-refractivity contribution in [2.75, 3.05) is 0 Å². The average molecular weight is 198 g/mol. The molecule has 1 unspecified atom stereocenters. The van der Waals surface area contributed by atoms with Crippen LogP contribution >= 0.6 is 11.8 Å². The van der Waals surface area contributed by atoms with Gasteiger partial charge in [-0.3, -0.25) is 10.1 Å². The van der Waals surface area contributed by atoms with E-state index in [0.717, 1.165) is 5.25 Å². The van der Waals surface area contributed by atoms with Gasteiger partial charge in [0.15, 0.2) is 0 Å². The van der Waals surface area contributed by atoms with E-state index in [2.05, 4.69) is 0 Å². The molecule has 0 N–H and O–H groups in total. The van der Waals surface area contributed by atoms with Gasteiger partial charge in [-0.05, 0) is 6.08 Å². The maximum absolute atomic E-state index is 10.6. The van der Waals surface area contributed by atoms with Crippen molar-refractivity contribution in [2.24, 2.45) is 0 Å². The standard InChI is InChI=1S/C9H12NO2S/c1-7(2)13-9-6-4-3-5-8(9)10(11)12/h3-8H,1-2H3. The summed E-state index contributed by atoms with van der Waals surface area (Å²) in [4.78, 5) is 10.4. The molecule has 1 rings (SSSR count). The Labute approximate surface area is 82.0 Å². The number of nitrogens with zero attached hydrogens (tertiary/aromatic N) is 1. The second-order valence-electron chi connectivity index (χ2n) is 3.04. The average Bonchev–Trinajstić information content (AvgIpc) is 2.03. The van der Waals surface area contributed by atoms with Gasteiger partial charge in [0.1, 0.15) is 5.25 Å². The lowest BCUT2D eigenvalue weighted by Gasteiger charge is -2.17. The van der Waals surface area contributed by atoms with Crippen LogP contribution in [0.2, 0.25) is 0 Å².